The second-order valence-corrected chi connectivity index (χ2v) is 6.08. The minimum atomic E-state index is -0.119. The number of carbonyl (C=O) groups is 2. The number of ketones is 1. The highest BCUT2D eigenvalue weighted by Crippen LogP contribution is 2.11. The molecule has 1 rings (SSSR count). The molecule has 1 aromatic rings. The van der Waals surface area contributed by atoms with Gasteiger partial charge in [-0.25, -0.2) is 0 Å². The number of aryl methyl sites for hydroxylation is 1. The molecule has 3 nitrogen and oxygen atoms in total. The number of methoxy groups -OCH3 is 1. The number of benzene rings is 1. The van der Waals surface area contributed by atoms with Crippen LogP contribution in [0.4, 0.5) is 0 Å². The van der Waals surface area contributed by atoms with E-state index in [1.54, 1.807) is 0 Å². The van der Waals surface area contributed by atoms with Crippen LogP contribution in [0.1, 0.15) is 69.8 Å². The topological polar surface area (TPSA) is 43.4 Å². The Bertz CT molecular complexity index is 439. The quantitative estimate of drug-likeness (QED) is 0.385. The fraction of sp³-hybridized carbons (Fsp3) is 0.600. The first-order valence-electron chi connectivity index (χ1n) is 8.85. The van der Waals surface area contributed by atoms with Crippen molar-refractivity contribution in [1.82, 2.24) is 0 Å². The zero-order chi connectivity index (χ0) is 16.8. The highest BCUT2D eigenvalue weighted by Gasteiger charge is 2.03. The van der Waals surface area contributed by atoms with Crippen molar-refractivity contribution < 1.29 is 14.3 Å². The summed E-state index contributed by atoms with van der Waals surface area (Å²) in [6.07, 6.45) is 10.3. The van der Waals surface area contributed by atoms with Crippen molar-refractivity contribution in [1.29, 1.82) is 0 Å². The van der Waals surface area contributed by atoms with Gasteiger partial charge in [0.2, 0.25) is 0 Å². The lowest BCUT2D eigenvalue weighted by Crippen LogP contribution is -1.99. The Morgan fingerprint density at radius 2 is 1.35 bits per heavy atom. The highest BCUT2D eigenvalue weighted by atomic mass is 16.5. The summed E-state index contributed by atoms with van der Waals surface area (Å²) in [7, 11) is 1.43. The number of hydrogen-bond donors (Lipinski definition) is 0. The van der Waals surface area contributed by atoms with E-state index in [9.17, 15) is 9.59 Å². The molecule has 0 aromatic heterocycles. The number of carbonyl (C=O) groups excluding carboxylic acids is 2. The van der Waals surface area contributed by atoms with Crippen molar-refractivity contribution >= 4 is 11.8 Å². The van der Waals surface area contributed by atoms with Crippen molar-refractivity contribution in [2.24, 2.45) is 0 Å². The predicted octanol–water partition coefficient (Wildman–Crippen LogP) is 4.87. The molecule has 0 saturated heterocycles. The highest BCUT2D eigenvalue weighted by molar-refractivity contribution is 5.78. The number of ether oxygens (including phenoxy) is 1. The SMILES string of the molecule is COC(=O)CCCCCCCCC(=O)CCCc1ccccc1. The van der Waals surface area contributed by atoms with Gasteiger partial charge in [0.25, 0.3) is 0 Å². The van der Waals surface area contributed by atoms with Gasteiger partial charge in [-0.1, -0.05) is 56.0 Å². The van der Waals surface area contributed by atoms with Crippen molar-refractivity contribution in [3.63, 3.8) is 0 Å². The van der Waals surface area contributed by atoms with Crippen LogP contribution in [0, 0.1) is 0 Å². The fourth-order valence-electron chi connectivity index (χ4n) is 2.66. The summed E-state index contributed by atoms with van der Waals surface area (Å²) in [5.74, 6) is 0.276. The molecule has 0 bridgehead atoms. The lowest BCUT2D eigenvalue weighted by molar-refractivity contribution is -0.140. The largest absolute Gasteiger partial charge is 0.469 e. The first kappa shape index (κ1) is 19.4. The summed E-state index contributed by atoms with van der Waals surface area (Å²) in [5, 5.41) is 0. The van der Waals surface area contributed by atoms with Gasteiger partial charge in [0.05, 0.1) is 7.11 Å². The van der Waals surface area contributed by atoms with Gasteiger partial charge in [0.15, 0.2) is 0 Å². The minimum Gasteiger partial charge on any atom is -0.469 e. The van der Waals surface area contributed by atoms with E-state index in [4.69, 9.17) is 0 Å². The van der Waals surface area contributed by atoms with Gasteiger partial charge in [-0.2, -0.15) is 0 Å². The third-order valence-corrected chi connectivity index (χ3v) is 4.08. The van der Waals surface area contributed by atoms with Crippen LogP contribution in [0.25, 0.3) is 0 Å². The van der Waals surface area contributed by atoms with Crippen LogP contribution < -0.4 is 0 Å². The molecule has 0 aliphatic carbocycles. The maximum atomic E-state index is 11.8. The molecular weight excluding hydrogens is 288 g/mol. The summed E-state index contributed by atoms with van der Waals surface area (Å²) in [6.45, 7) is 0. The van der Waals surface area contributed by atoms with E-state index in [-0.39, 0.29) is 5.97 Å². The summed E-state index contributed by atoms with van der Waals surface area (Å²) in [6, 6.07) is 10.3. The van der Waals surface area contributed by atoms with E-state index in [0.29, 0.717) is 18.6 Å². The average molecular weight is 318 g/mol. The standard InChI is InChI=1S/C20H30O3/c1-23-20(22)17-10-5-3-2-4-9-15-19(21)16-11-14-18-12-7-6-8-13-18/h6-8,12-13H,2-5,9-11,14-17H2,1H3. The molecule has 128 valence electrons. The van der Waals surface area contributed by atoms with Crippen LogP contribution in [0.5, 0.6) is 0 Å². The van der Waals surface area contributed by atoms with E-state index in [2.05, 4.69) is 16.9 Å². The first-order valence-corrected chi connectivity index (χ1v) is 8.85. The molecule has 0 atom stereocenters. The van der Waals surface area contributed by atoms with Crippen LogP contribution in [0.2, 0.25) is 0 Å². The monoisotopic (exact) mass is 318 g/mol. The maximum absolute atomic E-state index is 11.8. The molecular formula is C20H30O3. The van der Waals surface area contributed by atoms with Crippen LogP contribution in [0.15, 0.2) is 30.3 Å². The average Bonchev–Trinajstić information content (AvgIpc) is 2.58. The Morgan fingerprint density at radius 1 is 0.783 bits per heavy atom. The molecule has 3 heteroatoms. The molecule has 23 heavy (non-hydrogen) atoms. The second-order valence-electron chi connectivity index (χ2n) is 6.08. The smallest absolute Gasteiger partial charge is 0.305 e. The summed E-state index contributed by atoms with van der Waals surface area (Å²) in [4.78, 5) is 22.8. The number of hydrogen-bond acceptors (Lipinski definition) is 3. The Balaban J connectivity index is 1.89. The van der Waals surface area contributed by atoms with Crippen molar-refractivity contribution in [2.45, 2.75) is 70.6 Å². The van der Waals surface area contributed by atoms with Crippen LogP contribution in [0.3, 0.4) is 0 Å². The van der Waals surface area contributed by atoms with Crippen molar-refractivity contribution in [3.05, 3.63) is 35.9 Å². The molecule has 0 aliphatic heterocycles. The van der Waals surface area contributed by atoms with Gasteiger partial charge in [0.1, 0.15) is 5.78 Å². The van der Waals surface area contributed by atoms with Gasteiger partial charge in [-0.3, -0.25) is 9.59 Å². The van der Waals surface area contributed by atoms with Gasteiger partial charge < -0.3 is 4.74 Å². The Labute approximate surface area is 140 Å². The lowest BCUT2D eigenvalue weighted by Gasteiger charge is -2.03. The van der Waals surface area contributed by atoms with Gasteiger partial charge in [-0.15, -0.1) is 0 Å². The molecule has 0 radical (unpaired) electrons. The number of esters is 1. The molecule has 0 amide bonds. The van der Waals surface area contributed by atoms with E-state index < -0.39 is 0 Å². The molecule has 0 heterocycles. The molecule has 0 unspecified atom stereocenters. The Kier molecular flexibility index (Phi) is 10.9. The van der Waals surface area contributed by atoms with Gasteiger partial charge in [-0.05, 0) is 31.2 Å². The Hall–Kier alpha value is -1.64. The van der Waals surface area contributed by atoms with Crippen molar-refractivity contribution in [3.8, 4) is 0 Å². The van der Waals surface area contributed by atoms with E-state index in [0.717, 1.165) is 57.8 Å². The lowest BCUT2D eigenvalue weighted by atomic mass is 10.0. The van der Waals surface area contributed by atoms with Crippen LogP contribution in [-0.2, 0) is 20.7 Å². The first-order chi connectivity index (χ1) is 11.2. The van der Waals surface area contributed by atoms with E-state index >= 15 is 0 Å². The fourth-order valence-corrected chi connectivity index (χ4v) is 2.66. The zero-order valence-corrected chi connectivity index (χ0v) is 14.4. The number of unbranched alkanes of at least 4 members (excludes halogenated alkanes) is 5. The number of rotatable bonds is 13. The summed E-state index contributed by atoms with van der Waals surface area (Å²) in [5.41, 5.74) is 1.31. The number of Topliss-reactive ketones (excluding diaryl/α,β-unsaturated/α-hetero) is 1. The summed E-state index contributed by atoms with van der Waals surface area (Å²) < 4.78 is 4.61. The van der Waals surface area contributed by atoms with Crippen LogP contribution >= 0.6 is 0 Å². The van der Waals surface area contributed by atoms with Gasteiger partial charge >= 0.3 is 5.97 Å². The maximum Gasteiger partial charge on any atom is 0.305 e. The predicted molar refractivity (Wildman–Crippen MR) is 93.3 cm³/mol. The van der Waals surface area contributed by atoms with Crippen molar-refractivity contribution in [2.75, 3.05) is 7.11 Å². The molecule has 0 saturated carbocycles. The normalized spacial score (nSPS) is 10.5. The minimum absolute atomic E-state index is 0.119. The molecule has 0 fully saturated rings. The molecule has 1 aromatic carbocycles. The second kappa shape index (κ2) is 12.9. The Morgan fingerprint density at radius 3 is 2.00 bits per heavy atom. The third kappa shape index (κ3) is 10.7. The van der Waals surface area contributed by atoms with E-state index in [1.807, 2.05) is 18.2 Å². The van der Waals surface area contributed by atoms with Crippen LogP contribution in [-0.4, -0.2) is 18.9 Å². The van der Waals surface area contributed by atoms with Gasteiger partial charge in [0, 0.05) is 19.3 Å². The third-order valence-electron chi connectivity index (χ3n) is 4.08. The van der Waals surface area contributed by atoms with E-state index in [1.165, 1.54) is 12.7 Å². The summed E-state index contributed by atoms with van der Waals surface area (Å²) >= 11 is 0. The zero-order valence-electron chi connectivity index (χ0n) is 14.4. The molecule has 0 aliphatic rings. The molecule has 0 N–H and O–H groups in total. The molecule has 0 spiro atoms.